The van der Waals surface area contributed by atoms with Gasteiger partial charge in [0.2, 0.25) is 0 Å². The number of hydrogen-bond acceptors (Lipinski definition) is 4. The molecule has 0 atom stereocenters. The molecule has 0 aromatic heterocycles. The van der Waals surface area contributed by atoms with Gasteiger partial charge in [0.25, 0.3) is 0 Å². The first-order valence-corrected chi connectivity index (χ1v) is 6.71. The third-order valence-corrected chi connectivity index (χ3v) is 3.11. The van der Waals surface area contributed by atoms with Gasteiger partial charge in [-0.15, -0.1) is 0 Å². The number of carbonyl (C=O) groups excluding carboxylic acids is 1. The fourth-order valence-electron chi connectivity index (χ4n) is 2.09. The monoisotopic (exact) mass is 286 g/mol. The Morgan fingerprint density at radius 3 is 2.33 bits per heavy atom. The maximum atomic E-state index is 11.8. The molecule has 2 aromatic carbocycles. The van der Waals surface area contributed by atoms with E-state index in [2.05, 4.69) is 0 Å². The number of ketones is 1. The summed E-state index contributed by atoms with van der Waals surface area (Å²) in [5.74, 6) is 1.49. The maximum Gasteiger partial charge on any atom is 0.167 e. The fraction of sp³-hybridized carbons (Fsp3) is 0.235. The molecule has 0 fully saturated rings. The average Bonchev–Trinajstić information content (AvgIpc) is 2.49. The number of Topliss-reactive ketones (excluding diaryl/α,β-unsaturated/α-hetero) is 1. The highest BCUT2D eigenvalue weighted by atomic mass is 16.5. The summed E-state index contributed by atoms with van der Waals surface area (Å²) < 4.78 is 11.0. The quantitative estimate of drug-likeness (QED) is 0.828. The molecule has 0 heterocycles. The third kappa shape index (κ3) is 3.61. The van der Waals surface area contributed by atoms with E-state index in [9.17, 15) is 4.79 Å². The van der Waals surface area contributed by atoms with Crippen LogP contribution in [-0.4, -0.2) is 24.6 Å². The number of aliphatic hydroxyl groups is 1. The van der Waals surface area contributed by atoms with E-state index in [0.717, 1.165) is 5.56 Å². The number of benzene rings is 2. The van der Waals surface area contributed by atoms with Crippen LogP contribution in [0, 0.1) is 0 Å². The molecule has 0 aliphatic rings. The van der Waals surface area contributed by atoms with Crippen LogP contribution < -0.4 is 9.47 Å². The van der Waals surface area contributed by atoms with E-state index in [1.165, 1.54) is 14.0 Å². The van der Waals surface area contributed by atoms with Gasteiger partial charge in [-0.25, -0.2) is 0 Å². The van der Waals surface area contributed by atoms with Crippen LogP contribution in [0.4, 0.5) is 0 Å². The van der Waals surface area contributed by atoms with Crippen molar-refractivity contribution in [3.63, 3.8) is 0 Å². The molecule has 0 unspecified atom stereocenters. The van der Waals surface area contributed by atoms with Crippen LogP contribution in [0.3, 0.4) is 0 Å². The first-order valence-electron chi connectivity index (χ1n) is 6.71. The minimum atomic E-state index is -0.112. The van der Waals surface area contributed by atoms with Crippen LogP contribution in [0.1, 0.15) is 22.8 Å². The smallest absolute Gasteiger partial charge is 0.167 e. The first kappa shape index (κ1) is 15.1. The van der Waals surface area contributed by atoms with E-state index in [1.807, 2.05) is 24.3 Å². The summed E-state index contributed by atoms with van der Waals surface area (Å²) in [5, 5.41) is 8.90. The number of hydrogen-bond donors (Lipinski definition) is 1. The Bertz CT molecular complexity index is 617. The second-order valence-electron chi connectivity index (χ2n) is 4.61. The predicted octanol–water partition coefficient (Wildman–Crippen LogP) is 3.22. The molecule has 0 aliphatic heterocycles. The summed E-state index contributed by atoms with van der Waals surface area (Å²) in [6.45, 7) is 1.60. The number of methoxy groups -OCH3 is 1. The van der Waals surface area contributed by atoms with Crippen molar-refractivity contribution in [1.29, 1.82) is 0 Å². The lowest BCUT2D eigenvalue weighted by molar-refractivity contribution is 0.101. The van der Waals surface area contributed by atoms with Crippen LogP contribution in [0.15, 0.2) is 42.5 Å². The maximum absolute atomic E-state index is 11.8. The van der Waals surface area contributed by atoms with Gasteiger partial charge >= 0.3 is 0 Å². The highest BCUT2D eigenvalue weighted by molar-refractivity contribution is 5.99. The molecular formula is C17H18O4. The van der Waals surface area contributed by atoms with Crippen LogP contribution in [-0.2, 0) is 6.42 Å². The van der Waals surface area contributed by atoms with Gasteiger partial charge < -0.3 is 14.6 Å². The Morgan fingerprint density at radius 2 is 1.76 bits per heavy atom. The number of carbonyl (C=O) groups is 1. The molecule has 1 N–H and O–H groups in total. The highest BCUT2D eigenvalue weighted by Crippen LogP contribution is 2.32. The van der Waals surface area contributed by atoms with Crippen molar-refractivity contribution in [2.45, 2.75) is 13.3 Å². The Hall–Kier alpha value is -2.33. The zero-order chi connectivity index (χ0) is 15.2. The predicted molar refractivity (Wildman–Crippen MR) is 80.3 cm³/mol. The minimum Gasteiger partial charge on any atom is -0.496 e. The Balaban J connectivity index is 2.28. The molecular weight excluding hydrogens is 268 g/mol. The molecule has 0 bridgehead atoms. The standard InChI is InChI=1S/C17H18O4/c1-12(19)17-15(20-2)4-3-5-16(17)21-14-8-6-13(7-9-14)10-11-18/h3-9,18H,10-11H2,1-2H3. The minimum absolute atomic E-state index is 0.112. The van der Waals surface area contributed by atoms with Crippen molar-refractivity contribution in [2.24, 2.45) is 0 Å². The summed E-state index contributed by atoms with van der Waals surface area (Å²) in [4.78, 5) is 11.8. The van der Waals surface area contributed by atoms with Gasteiger partial charge in [0, 0.05) is 6.61 Å². The molecule has 0 aliphatic carbocycles. The van der Waals surface area contributed by atoms with Crippen molar-refractivity contribution < 1.29 is 19.4 Å². The summed E-state index contributed by atoms with van der Waals surface area (Å²) in [6.07, 6.45) is 0.609. The zero-order valence-electron chi connectivity index (χ0n) is 12.1. The highest BCUT2D eigenvalue weighted by Gasteiger charge is 2.15. The van der Waals surface area contributed by atoms with E-state index in [4.69, 9.17) is 14.6 Å². The Morgan fingerprint density at radius 1 is 1.10 bits per heavy atom. The van der Waals surface area contributed by atoms with Gasteiger partial charge in [0.15, 0.2) is 5.78 Å². The van der Waals surface area contributed by atoms with Crippen molar-refractivity contribution in [3.8, 4) is 17.2 Å². The van der Waals surface area contributed by atoms with E-state index in [1.54, 1.807) is 18.2 Å². The summed E-state index contributed by atoms with van der Waals surface area (Å²) >= 11 is 0. The van der Waals surface area contributed by atoms with E-state index >= 15 is 0 Å². The van der Waals surface area contributed by atoms with Gasteiger partial charge in [-0.05, 0) is 43.2 Å². The summed E-state index contributed by atoms with van der Waals surface area (Å²) in [6, 6.07) is 12.6. The lowest BCUT2D eigenvalue weighted by Crippen LogP contribution is -2.01. The molecule has 0 radical (unpaired) electrons. The molecule has 2 rings (SSSR count). The fourth-order valence-corrected chi connectivity index (χ4v) is 2.09. The van der Waals surface area contributed by atoms with Crippen LogP contribution in [0.5, 0.6) is 17.2 Å². The lowest BCUT2D eigenvalue weighted by Gasteiger charge is -2.13. The first-order chi connectivity index (χ1) is 10.2. The van der Waals surface area contributed by atoms with Crippen molar-refractivity contribution in [2.75, 3.05) is 13.7 Å². The molecule has 2 aromatic rings. The van der Waals surface area contributed by atoms with E-state index < -0.39 is 0 Å². The van der Waals surface area contributed by atoms with Gasteiger partial charge in [-0.2, -0.15) is 0 Å². The largest absolute Gasteiger partial charge is 0.496 e. The molecule has 0 saturated heterocycles. The topological polar surface area (TPSA) is 55.8 Å². The van der Waals surface area contributed by atoms with E-state index in [0.29, 0.717) is 29.2 Å². The van der Waals surface area contributed by atoms with Crippen LogP contribution in [0.2, 0.25) is 0 Å². The third-order valence-electron chi connectivity index (χ3n) is 3.11. The Labute approximate surface area is 123 Å². The number of ether oxygens (including phenoxy) is 2. The molecule has 4 heteroatoms. The van der Waals surface area contributed by atoms with E-state index in [-0.39, 0.29) is 12.4 Å². The second kappa shape index (κ2) is 6.90. The molecule has 0 amide bonds. The molecule has 0 spiro atoms. The van der Waals surface area contributed by atoms with Crippen molar-refractivity contribution >= 4 is 5.78 Å². The molecule has 4 nitrogen and oxygen atoms in total. The van der Waals surface area contributed by atoms with Crippen LogP contribution in [0.25, 0.3) is 0 Å². The van der Waals surface area contributed by atoms with Gasteiger partial charge in [0.1, 0.15) is 22.8 Å². The summed E-state index contributed by atoms with van der Waals surface area (Å²) in [5.41, 5.74) is 1.46. The molecule has 0 saturated carbocycles. The SMILES string of the molecule is COc1cccc(Oc2ccc(CCO)cc2)c1C(C)=O. The number of aliphatic hydroxyl groups excluding tert-OH is 1. The van der Waals surface area contributed by atoms with Gasteiger partial charge in [-0.3, -0.25) is 4.79 Å². The summed E-state index contributed by atoms with van der Waals surface area (Å²) in [7, 11) is 1.52. The number of rotatable bonds is 6. The van der Waals surface area contributed by atoms with Gasteiger partial charge in [-0.1, -0.05) is 18.2 Å². The van der Waals surface area contributed by atoms with Crippen molar-refractivity contribution in [1.82, 2.24) is 0 Å². The van der Waals surface area contributed by atoms with Gasteiger partial charge in [0.05, 0.1) is 7.11 Å². The van der Waals surface area contributed by atoms with Crippen molar-refractivity contribution in [3.05, 3.63) is 53.6 Å². The zero-order valence-corrected chi connectivity index (χ0v) is 12.1. The average molecular weight is 286 g/mol. The molecule has 110 valence electrons. The van der Waals surface area contributed by atoms with Crippen LogP contribution >= 0.6 is 0 Å². The normalized spacial score (nSPS) is 10.2. The Kier molecular flexibility index (Phi) is 4.95. The second-order valence-corrected chi connectivity index (χ2v) is 4.61. The molecule has 21 heavy (non-hydrogen) atoms. The lowest BCUT2D eigenvalue weighted by atomic mass is 10.1.